The number of aliphatic hydroxyl groups excluding tert-OH is 1. The van der Waals surface area contributed by atoms with Crippen LogP contribution in [-0.2, 0) is 6.54 Å². The molecule has 0 atom stereocenters. The molecule has 0 aromatic heterocycles. The Morgan fingerprint density at radius 3 is 2.71 bits per heavy atom. The minimum absolute atomic E-state index is 0.132. The molecule has 4 nitrogen and oxygen atoms in total. The van der Waals surface area contributed by atoms with Gasteiger partial charge in [0.05, 0.1) is 6.61 Å². The number of rotatable bonds is 7. The second kappa shape index (κ2) is 7.14. The molecule has 96 valence electrons. The molecule has 0 aliphatic rings. The first-order valence-electron chi connectivity index (χ1n) is 6.08. The van der Waals surface area contributed by atoms with Crippen molar-refractivity contribution in [3.8, 4) is 5.75 Å². The lowest BCUT2D eigenvalue weighted by molar-refractivity contribution is 0.187. The second-order valence-electron chi connectivity index (χ2n) is 4.24. The van der Waals surface area contributed by atoms with Crippen LogP contribution in [0.15, 0.2) is 18.2 Å². The molecule has 0 aliphatic heterocycles. The number of phenols is 1. The predicted octanol–water partition coefficient (Wildman–Crippen LogP) is 1.57. The fourth-order valence-electron chi connectivity index (χ4n) is 1.77. The number of aliphatic hydroxyl groups is 1. The number of unbranched alkanes of at least 4 members (excludes halogenated alkanes) is 1. The highest BCUT2D eigenvalue weighted by atomic mass is 16.3. The van der Waals surface area contributed by atoms with Gasteiger partial charge in [0.1, 0.15) is 5.75 Å². The van der Waals surface area contributed by atoms with E-state index in [0.29, 0.717) is 18.8 Å². The van der Waals surface area contributed by atoms with E-state index >= 15 is 0 Å². The van der Waals surface area contributed by atoms with E-state index < -0.39 is 0 Å². The molecular weight excluding hydrogens is 216 g/mol. The summed E-state index contributed by atoms with van der Waals surface area (Å²) in [6, 6.07) is 5.08. The average Bonchev–Trinajstić information content (AvgIpc) is 2.31. The van der Waals surface area contributed by atoms with Crippen molar-refractivity contribution in [2.24, 2.45) is 0 Å². The predicted molar refractivity (Wildman–Crippen MR) is 69.8 cm³/mol. The first kappa shape index (κ1) is 13.8. The standard InChI is InChI=1S/C13H22N2O2/c1-2-3-6-15(7-8-16)10-11-9-12(14)4-5-13(11)17/h4-5,9,16-17H,2-3,6-8,10,14H2,1H3. The van der Waals surface area contributed by atoms with Crippen molar-refractivity contribution in [3.05, 3.63) is 23.8 Å². The van der Waals surface area contributed by atoms with E-state index in [4.69, 9.17) is 10.8 Å². The highest BCUT2D eigenvalue weighted by Crippen LogP contribution is 2.21. The van der Waals surface area contributed by atoms with Crippen molar-refractivity contribution in [3.63, 3.8) is 0 Å². The minimum Gasteiger partial charge on any atom is -0.508 e. The molecule has 4 N–H and O–H groups in total. The number of hydrogen-bond donors (Lipinski definition) is 3. The lowest BCUT2D eigenvalue weighted by Crippen LogP contribution is -2.27. The van der Waals surface area contributed by atoms with Crippen molar-refractivity contribution < 1.29 is 10.2 Å². The zero-order chi connectivity index (χ0) is 12.7. The quantitative estimate of drug-likeness (QED) is 0.498. The minimum atomic E-state index is 0.132. The number of benzene rings is 1. The zero-order valence-corrected chi connectivity index (χ0v) is 10.4. The molecule has 0 radical (unpaired) electrons. The van der Waals surface area contributed by atoms with Crippen LogP contribution in [0.1, 0.15) is 25.3 Å². The SMILES string of the molecule is CCCCN(CCO)Cc1cc(N)ccc1O. The molecule has 0 saturated heterocycles. The van der Waals surface area contributed by atoms with E-state index in [1.807, 2.05) is 0 Å². The van der Waals surface area contributed by atoms with E-state index in [0.717, 1.165) is 24.9 Å². The topological polar surface area (TPSA) is 69.7 Å². The molecule has 0 unspecified atom stereocenters. The van der Waals surface area contributed by atoms with Gasteiger partial charge in [-0.25, -0.2) is 0 Å². The summed E-state index contributed by atoms with van der Waals surface area (Å²) < 4.78 is 0. The number of anilines is 1. The van der Waals surface area contributed by atoms with Gasteiger partial charge >= 0.3 is 0 Å². The lowest BCUT2D eigenvalue weighted by atomic mass is 10.1. The van der Waals surface area contributed by atoms with Crippen molar-refractivity contribution in [1.29, 1.82) is 0 Å². The second-order valence-corrected chi connectivity index (χ2v) is 4.24. The highest BCUT2D eigenvalue weighted by molar-refractivity contribution is 5.47. The molecule has 1 aromatic carbocycles. The summed E-state index contributed by atoms with van der Waals surface area (Å²) in [5.41, 5.74) is 7.16. The number of nitrogen functional groups attached to an aromatic ring is 1. The summed E-state index contributed by atoms with van der Waals surface area (Å²) in [5, 5.41) is 18.7. The molecule has 0 spiro atoms. The molecule has 0 amide bonds. The van der Waals surface area contributed by atoms with Gasteiger partial charge in [-0.2, -0.15) is 0 Å². The molecule has 1 aromatic rings. The van der Waals surface area contributed by atoms with Gasteiger partial charge in [0.25, 0.3) is 0 Å². The number of aromatic hydroxyl groups is 1. The maximum absolute atomic E-state index is 9.73. The summed E-state index contributed by atoms with van der Waals surface area (Å²) in [6.07, 6.45) is 2.20. The van der Waals surface area contributed by atoms with Gasteiger partial charge in [0, 0.05) is 24.3 Å². The van der Waals surface area contributed by atoms with Crippen LogP contribution in [0.3, 0.4) is 0 Å². The van der Waals surface area contributed by atoms with E-state index in [-0.39, 0.29) is 12.4 Å². The largest absolute Gasteiger partial charge is 0.508 e. The summed E-state index contributed by atoms with van der Waals surface area (Å²) in [6.45, 7) is 4.43. The van der Waals surface area contributed by atoms with Gasteiger partial charge in [0.2, 0.25) is 0 Å². The summed E-state index contributed by atoms with van der Waals surface area (Å²) in [5.74, 6) is 0.263. The fourth-order valence-corrected chi connectivity index (χ4v) is 1.77. The van der Waals surface area contributed by atoms with Crippen molar-refractivity contribution >= 4 is 5.69 Å². The average molecular weight is 238 g/mol. The Morgan fingerprint density at radius 1 is 1.29 bits per heavy atom. The Kier molecular flexibility index (Phi) is 5.80. The number of phenolic OH excluding ortho intramolecular Hbond substituents is 1. The van der Waals surface area contributed by atoms with Crippen LogP contribution in [0.5, 0.6) is 5.75 Å². The molecule has 17 heavy (non-hydrogen) atoms. The van der Waals surface area contributed by atoms with Gasteiger partial charge in [-0.15, -0.1) is 0 Å². The van der Waals surface area contributed by atoms with Gasteiger partial charge in [-0.05, 0) is 31.2 Å². The molecule has 0 saturated carbocycles. The molecule has 0 aliphatic carbocycles. The van der Waals surface area contributed by atoms with Crippen LogP contribution >= 0.6 is 0 Å². The molecule has 0 heterocycles. The molecular formula is C13H22N2O2. The Labute approximate surface area is 103 Å². The molecule has 0 fully saturated rings. The van der Waals surface area contributed by atoms with Crippen molar-refractivity contribution in [2.75, 3.05) is 25.4 Å². The highest BCUT2D eigenvalue weighted by Gasteiger charge is 2.08. The van der Waals surface area contributed by atoms with E-state index in [2.05, 4.69) is 11.8 Å². The van der Waals surface area contributed by atoms with Gasteiger partial charge < -0.3 is 15.9 Å². The van der Waals surface area contributed by atoms with Gasteiger partial charge in [0.15, 0.2) is 0 Å². The van der Waals surface area contributed by atoms with Crippen LogP contribution in [0, 0.1) is 0 Å². The molecule has 0 bridgehead atoms. The van der Waals surface area contributed by atoms with Gasteiger partial charge in [-0.3, -0.25) is 4.90 Å². The molecule has 4 heteroatoms. The van der Waals surface area contributed by atoms with Crippen molar-refractivity contribution in [1.82, 2.24) is 4.90 Å². The Morgan fingerprint density at radius 2 is 2.06 bits per heavy atom. The first-order valence-corrected chi connectivity index (χ1v) is 6.08. The third-order valence-corrected chi connectivity index (χ3v) is 2.74. The Bertz CT molecular complexity index is 342. The lowest BCUT2D eigenvalue weighted by Gasteiger charge is -2.21. The number of nitrogens with zero attached hydrogens (tertiary/aromatic N) is 1. The summed E-state index contributed by atoms with van der Waals surface area (Å²) >= 11 is 0. The van der Waals surface area contributed by atoms with Gasteiger partial charge in [-0.1, -0.05) is 13.3 Å². The Hall–Kier alpha value is -1.26. The van der Waals surface area contributed by atoms with Crippen LogP contribution in [-0.4, -0.2) is 34.8 Å². The normalized spacial score (nSPS) is 11.0. The van der Waals surface area contributed by atoms with E-state index in [9.17, 15) is 5.11 Å². The van der Waals surface area contributed by atoms with E-state index in [1.54, 1.807) is 18.2 Å². The first-order chi connectivity index (χ1) is 8.17. The monoisotopic (exact) mass is 238 g/mol. The maximum atomic E-state index is 9.73. The molecule has 1 rings (SSSR count). The maximum Gasteiger partial charge on any atom is 0.120 e. The third-order valence-electron chi connectivity index (χ3n) is 2.74. The van der Waals surface area contributed by atoms with Crippen LogP contribution in [0.2, 0.25) is 0 Å². The number of nitrogens with two attached hydrogens (primary N) is 1. The van der Waals surface area contributed by atoms with Crippen LogP contribution in [0.4, 0.5) is 5.69 Å². The van der Waals surface area contributed by atoms with Crippen LogP contribution in [0.25, 0.3) is 0 Å². The Balaban J connectivity index is 2.67. The van der Waals surface area contributed by atoms with Crippen molar-refractivity contribution in [2.45, 2.75) is 26.3 Å². The smallest absolute Gasteiger partial charge is 0.120 e. The summed E-state index contributed by atoms with van der Waals surface area (Å²) in [4.78, 5) is 2.12. The third kappa shape index (κ3) is 4.63. The van der Waals surface area contributed by atoms with Crippen LogP contribution < -0.4 is 5.73 Å². The summed E-state index contributed by atoms with van der Waals surface area (Å²) in [7, 11) is 0. The fraction of sp³-hybridized carbons (Fsp3) is 0.538. The zero-order valence-electron chi connectivity index (χ0n) is 10.4. The number of hydrogen-bond acceptors (Lipinski definition) is 4. The van der Waals surface area contributed by atoms with E-state index in [1.165, 1.54) is 0 Å².